The van der Waals surface area contributed by atoms with Crippen molar-refractivity contribution in [2.24, 2.45) is 0 Å². The van der Waals surface area contributed by atoms with Gasteiger partial charge >= 0.3 is 0 Å². The molecule has 0 bridgehead atoms. The van der Waals surface area contributed by atoms with Gasteiger partial charge in [-0.05, 0) is 31.2 Å². The average Bonchev–Trinajstić information content (AvgIpc) is 3.24. The molecule has 0 radical (unpaired) electrons. The molecule has 4 aromatic rings. The predicted molar refractivity (Wildman–Crippen MR) is 122 cm³/mol. The van der Waals surface area contributed by atoms with Crippen molar-refractivity contribution < 1.29 is 9.18 Å². The fourth-order valence-electron chi connectivity index (χ4n) is 3.80. The number of piperazine rings is 1. The minimum Gasteiger partial charge on any atom is -0.353 e. The van der Waals surface area contributed by atoms with E-state index in [-0.39, 0.29) is 11.5 Å². The molecule has 2 aromatic heterocycles. The number of hydrogen-bond donors (Lipinski definition) is 0. The third kappa shape index (κ3) is 3.87. The van der Waals surface area contributed by atoms with Crippen molar-refractivity contribution in [2.45, 2.75) is 6.92 Å². The van der Waals surface area contributed by atoms with Crippen LogP contribution in [0.4, 0.5) is 10.2 Å². The molecule has 162 valence electrons. The van der Waals surface area contributed by atoms with Gasteiger partial charge in [0.15, 0.2) is 0 Å². The predicted octanol–water partition coefficient (Wildman–Crippen LogP) is 3.23. The molecule has 1 fully saturated rings. The van der Waals surface area contributed by atoms with Crippen molar-refractivity contribution >= 4 is 28.0 Å². The Hall–Kier alpha value is -3.59. The molecule has 2 aromatic carbocycles. The highest BCUT2D eigenvalue weighted by molar-refractivity contribution is 7.19. The molecule has 7 nitrogen and oxygen atoms in total. The van der Waals surface area contributed by atoms with E-state index in [0.717, 1.165) is 16.1 Å². The lowest BCUT2D eigenvalue weighted by Crippen LogP contribution is -2.49. The quantitative estimate of drug-likeness (QED) is 0.480. The van der Waals surface area contributed by atoms with E-state index in [1.807, 2.05) is 36.1 Å². The summed E-state index contributed by atoms with van der Waals surface area (Å²) >= 11 is 1.37. The number of benzene rings is 2. The summed E-state index contributed by atoms with van der Waals surface area (Å²) in [6.45, 7) is 4.01. The molecular weight excluding hydrogens is 429 g/mol. The second-order valence-electron chi connectivity index (χ2n) is 7.71. The maximum Gasteiger partial charge on any atom is 0.277 e. The molecule has 5 rings (SSSR count). The molecule has 1 aliphatic rings. The summed E-state index contributed by atoms with van der Waals surface area (Å²) in [5.74, 6) is -0.0489. The number of anilines is 1. The van der Waals surface area contributed by atoms with E-state index < -0.39 is 5.82 Å². The smallest absolute Gasteiger partial charge is 0.277 e. The first kappa shape index (κ1) is 20.3. The van der Waals surface area contributed by atoms with Crippen LogP contribution < -0.4 is 10.5 Å². The lowest BCUT2D eigenvalue weighted by molar-refractivity contribution is 0.0746. The molecule has 3 heterocycles. The summed E-state index contributed by atoms with van der Waals surface area (Å²) in [5.41, 5.74) is 2.17. The third-order valence-corrected chi connectivity index (χ3v) is 6.42. The van der Waals surface area contributed by atoms with Gasteiger partial charge in [0.2, 0.25) is 4.96 Å². The summed E-state index contributed by atoms with van der Waals surface area (Å²) in [4.78, 5) is 34.2. The van der Waals surface area contributed by atoms with Crippen molar-refractivity contribution in [2.75, 3.05) is 31.1 Å². The molecule has 1 amide bonds. The van der Waals surface area contributed by atoms with Gasteiger partial charge < -0.3 is 9.80 Å². The van der Waals surface area contributed by atoms with Gasteiger partial charge in [0.1, 0.15) is 16.6 Å². The highest BCUT2D eigenvalue weighted by Gasteiger charge is 2.24. The van der Waals surface area contributed by atoms with E-state index >= 15 is 0 Å². The summed E-state index contributed by atoms with van der Waals surface area (Å²) < 4.78 is 14.8. The van der Waals surface area contributed by atoms with Crippen LogP contribution in [0.1, 0.15) is 15.9 Å². The van der Waals surface area contributed by atoms with E-state index in [2.05, 4.69) is 10.1 Å². The largest absolute Gasteiger partial charge is 0.353 e. The molecule has 0 saturated carbocycles. The topological polar surface area (TPSA) is 70.8 Å². The Balaban J connectivity index is 1.35. The van der Waals surface area contributed by atoms with Crippen LogP contribution in [0, 0.1) is 12.7 Å². The molecule has 0 atom stereocenters. The van der Waals surface area contributed by atoms with Gasteiger partial charge in [-0.1, -0.05) is 41.2 Å². The average molecular weight is 450 g/mol. The molecule has 32 heavy (non-hydrogen) atoms. The van der Waals surface area contributed by atoms with Crippen LogP contribution in [0.15, 0.2) is 59.4 Å². The molecule has 1 saturated heterocycles. The first-order valence-electron chi connectivity index (χ1n) is 10.3. The number of carbonyl (C=O) groups is 1. The van der Waals surface area contributed by atoms with Gasteiger partial charge in [0.25, 0.3) is 11.5 Å². The molecule has 0 N–H and O–H groups in total. The number of amides is 1. The second-order valence-corrected chi connectivity index (χ2v) is 8.67. The Morgan fingerprint density at radius 3 is 2.56 bits per heavy atom. The molecule has 1 aliphatic heterocycles. The van der Waals surface area contributed by atoms with Crippen LogP contribution in [0.3, 0.4) is 0 Å². The first-order valence-corrected chi connectivity index (χ1v) is 11.1. The van der Waals surface area contributed by atoms with Gasteiger partial charge in [0.05, 0.1) is 0 Å². The zero-order chi connectivity index (χ0) is 22.2. The van der Waals surface area contributed by atoms with Gasteiger partial charge in [-0.15, -0.1) is 0 Å². The van der Waals surface area contributed by atoms with E-state index in [1.54, 1.807) is 11.0 Å². The summed E-state index contributed by atoms with van der Waals surface area (Å²) in [6, 6.07) is 15.2. The van der Waals surface area contributed by atoms with Gasteiger partial charge in [-0.3, -0.25) is 9.59 Å². The minimum absolute atomic E-state index is 0.196. The molecule has 0 unspecified atom stereocenters. The van der Waals surface area contributed by atoms with Crippen molar-refractivity contribution in [3.8, 4) is 10.6 Å². The summed E-state index contributed by atoms with van der Waals surface area (Å²) in [7, 11) is 0. The standard InChI is InChI=1S/C23H20FN5O2S/c1-15-4-2-5-16(12-15)21-26-29-20(30)14-19(25-23(29)32-21)27-8-10-28(11-9-27)22(31)17-6-3-7-18(24)13-17/h2-7,12-14H,8-11H2,1H3. The van der Waals surface area contributed by atoms with E-state index in [4.69, 9.17) is 0 Å². The Bertz CT molecular complexity index is 1370. The Kier molecular flexibility index (Phi) is 5.18. The number of aryl methyl sites for hydroxylation is 1. The summed E-state index contributed by atoms with van der Waals surface area (Å²) in [6.07, 6.45) is 0. The Labute approximate surface area is 187 Å². The highest BCUT2D eigenvalue weighted by atomic mass is 32.1. The fraction of sp³-hybridized carbons (Fsp3) is 0.217. The third-order valence-electron chi connectivity index (χ3n) is 5.46. The van der Waals surface area contributed by atoms with Crippen LogP contribution in [0.25, 0.3) is 15.5 Å². The van der Waals surface area contributed by atoms with Gasteiger partial charge in [-0.2, -0.15) is 9.61 Å². The van der Waals surface area contributed by atoms with Crippen LogP contribution in [-0.2, 0) is 0 Å². The van der Waals surface area contributed by atoms with Crippen molar-refractivity contribution in [1.29, 1.82) is 0 Å². The monoisotopic (exact) mass is 449 g/mol. The highest BCUT2D eigenvalue weighted by Crippen LogP contribution is 2.26. The van der Waals surface area contributed by atoms with E-state index in [1.165, 1.54) is 40.1 Å². The molecule has 0 aliphatic carbocycles. The zero-order valence-corrected chi connectivity index (χ0v) is 18.2. The number of rotatable bonds is 3. The maximum atomic E-state index is 13.5. The normalized spacial score (nSPS) is 14.2. The number of aromatic nitrogens is 3. The summed E-state index contributed by atoms with van der Waals surface area (Å²) in [5, 5.41) is 5.18. The molecule has 0 spiro atoms. The lowest BCUT2D eigenvalue weighted by Gasteiger charge is -2.35. The maximum absolute atomic E-state index is 13.5. The Morgan fingerprint density at radius 2 is 1.81 bits per heavy atom. The van der Waals surface area contributed by atoms with Crippen LogP contribution in [0.5, 0.6) is 0 Å². The van der Waals surface area contributed by atoms with Crippen molar-refractivity contribution in [3.05, 3.63) is 81.9 Å². The van der Waals surface area contributed by atoms with Crippen LogP contribution in [-0.4, -0.2) is 51.6 Å². The number of fused-ring (bicyclic) bond motifs is 1. The van der Waals surface area contributed by atoms with Gasteiger partial charge in [-0.25, -0.2) is 9.37 Å². The lowest BCUT2D eigenvalue weighted by atomic mass is 10.1. The van der Waals surface area contributed by atoms with Crippen molar-refractivity contribution in [1.82, 2.24) is 19.5 Å². The van der Waals surface area contributed by atoms with Gasteiger partial charge in [0, 0.05) is 43.4 Å². The zero-order valence-electron chi connectivity index (χ0n) is 17.4. The van der Waals surface area contributed by atoms with Crippen molar-refractivity contribution in [3.63, 3.8) is 0 Å². The molecular formula is C23H20FN5O2S. The number of carbonyl (C=O) groups excluding carboxylic acids is 1. The van der Waals surface area contributed by atoms with Crippen LogP contribution >= 0.6 is 11.3 Å². The Morgan fingerprint density at radius 1 is 1.03 bits per heavy atom. The number of halogens is 1. The van der Waals surface area contributed by atoms with E-state index in [9.17, 15) is 14.0 Å². The van der Waals surface area contributed by atoms with E-state index in [0.29, 0.717) is 42.5 Å². The molecule has 9 heteroatoms. The minimum atomic E-state index is -0.429. The second kappa shape index (κ2) is 8.16. The number of nitrogens with zero attached hydrogens (tertiary/aromatic N) is 5. The number of hydrogen-bond acceptors (Lipinski definition) is 6. The fourth-order valence-corrected chi connectivity index (χ4v) is 4.70. The van der Waals surface area contributed by atoms with Crippen LogP contribution in [0.2, 0.25) is 0 Å². The first-order chi connectivity index (χ1) is 15.5. The SMILES string of the molecule is Cc1cccc(-c2nn3c(=O)cc(N4CCN(C(=O)c5cccc(F)c5)CC4)nc3s2)c1.